The van der Waals surface area contributed by atoms with Gasteiger partial charge in [0.2, 0.25) is 0 Å². The van der Waals surface area contributed by atoms with Crippen molar-refractivity contribution in [2.75, 3.05) is 0 Å². The third kappa shape index (κ3) is 3.26. The Morgan fingerprint density at radius 2 is 1.47 bits per heavy atom. The lowest BCUT2D eigenvalue weighted by molar-refractivity contribution is 1.60. The minimum absolute atomic E-state index is 0.400. The summed E-state index contributed by atoms with van der Waals surface area (Å²) in [4.78, 5) is 0.400. The average Bonchev–Trinajstić information content (AvgIpc) is 2.38. The minimum Gasteiger partial charge on any atom is -0.390 e. The maximum Gasteiger partial charge on any atom is 0.0962 e. The van der Waals surface area contributed by atoms with Gasteiger partial charge in [-0.05, 0) is 22.8 Å². The number of thiocarbonyl (C=S) groups is 1. The van der Waals surface area contributed by atoms with Crippen LogP contribution in [-0.2, 0) is 0 Å². The molecular formula is C15H13NS. The highest BCUT2D eigenvalue weighted by atomic mass is 32.1. The lowest BCUT2D eigenvalue weighted by Crippen LogP contribution is -2.01. The molecule has 0 atom stereocenters. The molecule has 0 aromatic heterocycles. The summed E-state index contributed by atoms with van der Waals surface area (Å²) in [5, 5.41) is 0. The van der Waals surface area contributed by atoms with Crippen molar-refractivity contribution < 1.29 is 0 Å². The van der Waals surface area contributed by atoms with Crippen LogP contribution in [-0.4, -0.2) is 4.99 Å². The van der Waals surface area contributed by atoms with Crippen LogP contribution in [0.25, 0.3) is 17.2 Å². The Bertz CT molecular complexity index is 527. The van der Waals surface area contributed by atoms with Crippen LogP contribution in [0.1, 0.15) is 5.56 Å². The fourth-order valence-corrected chi connectivity index (χ4v) is 1.66. The molecule has 0 aliphatic heterocycles. The molecule has 0 radical (unpaired) electrons. The van der Waals surface area contributed by atoms with Crippen LogP contribution >= 0.6 is 12.2 Å². The van der Waals surface area contributed by atoms with Crippen molar-refractivity contribution in [3.8, 4) is 11.1 Å². The molecule has 2 rings (SSSR count). The van der Waals surface area contributed by atoms with E-state index in [2.05, 4.69) is 36.4 Å². The normalized spacial score (nSPS) is 10.6. The van der Waals surface area contributed by atoms with E-state index < -0.39 is 0 Å². The summed E-state index contributed by atoms with van der Waals surface area (Å²) < 4.78 is 0. The Labute approximate surface area is 107 Å². The molecule has 0 aliphatic rings. The zero-order chi connectivity index (χ0) is 12.1. The molecule has 0 fully saturated rings. The van der Waals surface area contributed by atoms with Crippen molar-refractivity contribution in [2.24, 2.45) is 5.73 Å². The topological polar surface area (TPSA) is 26.0 Å². The smallest absolute Gasteiger partial charge is 0.0962 e. The zero-order valence-corrected chi connectivity index (χ0v) is 10.2. The Morgan fingerprint density at radius 3 is 2.06 bits per heavy atom. The van der Waals surface area contributed by atoms with Crippen LogP contribution in [0.2, 0.25) is 0 Å². The van der Waals surface area contributed by atoms with E-state index in [4.69, 9.17) is 18.0 Å². The van der Waals surface area contributed by atoms with Crippen LogP contribution in [0.4, 0.5) is 0 Å². The van der Waals surface area contributed by atoms with Gasteiger partial charge in [0.25, 0.3) is 0 Å². The molecule has 0 bridgehead atoms. The average molecular weight is 239 g/mol. The summed E-state index contributed by atoms with van der Waals surface area (Å²) in [5.41, 5.74) is 8.93. The van der Waals surface area contributed by atoms with Crippen LogP contribution in [0.15, 0.2) is 60.7 Å². The van der Waals surface area contributed by atoms with Gasteiger partial charge in [0.05, 0.1) is 4.99 Å². The molecule has 0 saturated carbocycles. The lowest BCUT2D eigenvalue weighted by Gasteiger charge is -2.01. The zero-order valence-electron chi connectivity index (χ0n) is 9.34. The van der Waals surface area contributed by atoms with Gasteiger partial charge in [0.15, 0.2) is 0 Å². The Hall–Kier alpha value is -1.93. The van der Waals surface area contributed by atoms with Gasteiger partial charge in [-0.1, -0.05) is 72.9 Å². The molecule has 0 amide bonds. The summed E-state index contributed by atoms with van der Waals surface area (Å²) >= 11 is 4.79. The molecule has 2 aromatic carbocycles. The molecule has 84 valence electrons. The molecule has 2 N–H and O–H groups in total. The first kappa shape index (κ1) is 11.6. The van der Waals surface area contributed by atoms with Gasteiger partial charge in [-0.25, -0.2) is 0 Å². The third-order valence-corrected chi connectivity index (χ3v) is 2.59. The van der Waals surface area contributed by atoms with Crippen molar-refractivity contribution in [1.29, 1.82) is 0 Å². The minimum atomic E-state index is 0.400. The van der Waals surface area contributed by atoms with Crippen molar-refractivity contribution >= 4 is 23.3 Å². The summed E-state index contributed by atoms with van der Waals surface area (Å²) in [6.45, 7) is 0. The van der Waals surface area contributed by atoms with E-state index in [9.17, 15) is 0 Å². The predicted octanol–water partition coefficient (Wildman–Crippen LogP) is 3.65. The van der Waals surface area contributed by atoms with Gasteiger partial charge in [0, 0.05) is 0 Å². The number of hydrogen-bond donors (Lipinski definition) is 1. The maximum atomic E-state index is 5.41. The Balaban J connectivity index is 2.22. The van der Waals surface area contributed by atoms with Crippen molar-refractivity contribution in [1.82, 2.24) is 0 Å². The molecule has 0 spiro atoms. The second kappa shape index (κ2) is 5.41. The lowest BCUT2D eigenvalue weighted by atomic mass is 10.0. The second-order valence-electron chi connectivity index (χ2n) is 3.72. The predicted molar refractivity (Wildman–Crippen MR) is 77.7 cm³/mol. The van der Waals surface area contributed by atoms with Crippen molar-refractivity contribution in [3.63, 3.8) is 0 Å². The largest absolute Gasteiger partial charge is 0.390 e. The number of nitrogens with two attached hydrogens (primary N) is 1. The summed E-state index contributed by atoms with van der Waals surface area (Å²) in [7, 11) is 0. The standard InChI is InChI=1S/C15H13NS/c16-15(17)11-8-12-6-9-14(10-7-12)13-4-2-1-3-5-13/h1-11H,(H2,16,17)/b11-8-. The molecule has 0 heterocycles. The first-order valence-corrected chi connectivity index (χ1v) is 5.79. The molecule has 0 saturated heterocycles. The van der Waals surface area contributed by atoms with Gasteiger partial charge in [-0.3, -0.25) is 0 Å². The van der Waals surface area contributed by atoms with Gasteiger partial charge in [-0.15, -0.1) is 0 Å². The quantitative estimate of drug-likeness (QED) is 0.653. The van der Waals surface area contributed by atoms with E-state index in [1.807, 2.05) is 24.3 Å². The maximum absolute atomic E-state index is 5.41. The molecular weight excluding hydrogens is 226 g/mol. The van der Waals surface area contributed by atoms with Gasteiger partial charge >= 0.3 is 0 Å². The van der Waals surface area contributed by atoms with Gasteiger partial charge < -0.3 is 5.73 Å². The van der Waals surface area contributed by atoms with Crippen molar-refractivity contribution in [3.05, 3.63) is 66.2 Å². The van der Waals surface area contributed by atoms with E-state index >= 15 is 0 Å². The Morgan fingerprint density at radius 1 is 0.882 bits per heavy atom. The highest BCUT2D eigenvalue weighted by Crippen LogP contribution is 2.19. The van der Waals surface area contributed by atoms with Crippen molar-refractivity contribution in [2.45, 2.75) is 0 Å². The van der Waals surface area contributed by atoms with Crippen LogP contribution < -0.4 is 5.73 Å². The fraction of sp³-hybridized carbons (Fsp3) is 0. The SMILES string of the molecule is NC(=S)/C=C\c1ccc(-c2ccccc2)cc1. The van der Waals surface area contributed by atoms with E-state index in [-0.39, 0.29) is 0 Å². The number of rotatable bonds is 3. The van der Waals surface area contributed by atoms with E-state index in [0.29, 0.717) is 4.99 Å². The molecule has 0 aliphatic carbocycles. The second-order valence-corrected chi connectivity index (χ2v) is 4.20. The summed E-state index contributed by atoms with van der Waals surface area (Å²) in [5.74, 6) is 0. The molecule has 2 aromatic rings. The van der Waals surface area contributed by atoms with Crippen LogP contribution in [0, 0.1) is 0 Å². The van der Waals surface area contributed by atoms with Crippen LogP contribution in [0.5, 0.6) is 0 Å². The highest BCUT2D eigenvalue weighted by Gasteiger charge is 1.95. The molecule has 2 heteroatoms. The highest BCUT2D eigenvalue weighted by molar-refractivity contribution is 7.80. The number of benzene rings is 2. The van der Waals surface area contributed by atoms with E-state index in [1.165, 1.54) is 11.1 Å². The monoisotopic (exact) mass is 239 g/mol. The number of hydrogen-bond acceptors (Lipinski definition) is 1. The first-order chi connectivity index (χ1) is 8.25. The third-order valence-electron chi connectivity index (χ3n) is 2.46. The Kier molecular flexibility index (Phi) is 3.68. The molecule has 17 heavy (non-hydrogen) atoms. The van der Waals surface area contributed by atoms with E-state index in [1.54, 1.807) is 6.08 Å². The molecule has 0 unspecified atom stereocenters. The van der Waals surface area contributed by atoms with E-state index in [0.717, 1.165) is 5.56 Å². The van der Waals surface area contributed by atoms with Gasteiger partial charge in [0.1, 0.15) is 0 Å². The van der Waals surface area contributed by atoms with Gasteiger partial charge in [-0.2, -0.15) is 0 Å². The fourth-order valence-electron chi connectivity index (χ4n) is 1.60. The first-order valence-electron chi connectivity index (χ1n) is 5.39. The van der Waals surface area contributed by atoms with Crippen LogP contribution in [0.3, 0.4) is 0 Å². The summed E-state index contributed by atoms with van der Waals surface area (Å²) in [6, 6.07) is 18.6. The summed E-state index contributed by atoms with van der Waals surface area (Å²) in [6.07, 6.45) is 3.64. The molecule has 1 nitrogen and oxygen atoms in total.